The molecular weight excluding hydrogens is 328 g/mol. The molecule has 2 rings (SSSR count). The molecule has 2 aromatic rings. The Bertz CT molecular complexity index is 735. The second-order valence-corrected chi connectivity index (χ2v) is 6.98. The zero-order chi connectivity index (χ0) is 17.6. The molecule has 0 amide bonds. The van der Waals surface area contributed by atoms with Gasteiger partial charge < -0.3 is 9.47 Å². The van der Waals surface area contributed by atoms with E-state index < -0.39 is 15.9 Å². The van der Waals surface area contributed by atoms with Crippen LogP contribution < -0.4 is 0 Å². The van der Waals surface area contributed by atoms with Crippen molar-refractivity contribution in [3.05, 3.63) is 65.7 Å². The minimum Gasteiger partial charge on any atom is -0.349 e. The Labute approximate surface area is 143 Å². The summed E-state index contributed by atoms with van der Waals surface area (Å²) in [7, 11) is -0.772. The molecule has 0 unspecified atom stereocenters. The largest absolute Gasteiger partial charge is 0.349 e. The molecule has 0 aliphatic rings. The SMILES string of the molecule is COC(CCOS(=O)(=O)c1ccc(C)cc1)(OC)c1ccccc1. The fourth-order valence-electron chi connectivity index (χ4n) is 2.42. The van der Waals surface area contributed by atoms with Crippen molar-refractivity contribution in [2.24, 2.45) is 0 Å². The molecule has 0 saturated carbocycles. The molecule has 6 heteroatoms. The lowest BCUT2D eigenvalue weighted by molar-refractivity contribution is -0.222. The lowest BCUT2D eigenvalue weighted by atomic mass is 10.0. The van der Waals surface area contributed by atoms with E-state index in [-0.39, 0.29) is 17.9 Å². The summed E-state index contributed by atoms with van der Waals surface area (Å²) in [6.45, 7) is 1.83. The Morgan fingerprint density at radius 2 is 1.50 bits per heavy atom. The predicted octanol–water partition coefficient (Wildman–Crippen LogP) is 3.24. The van der Waals surface area contributed by atoms with Crippen LogP contribution >= 0.6 is 0 Å². The minimum absolute atomic E-state index is 0.0627. The lowest BCUT2D eigenvalue weighted by Gasteiger charge is -2.31. The van der Waals surface area contributed by atoms with E-state index in [4.69, 9.17) is 13.7 Å². The van der Waals surface area contributed by atoms with Gasteiger partial charge in [-0.05, 0) is 19.1 Å². The van der Waals surface area contributed by atoms with Crippen molar-refractivity contribution in [2.45, 2.75) is 24.0 Å². The van der Waals surface area contributed by atoms with Crippen molar-refractivity contribution in [1.82, 2.24) is 0 Å². The van der Waals surface area contributed by atoms with Crippen LogP contribution in [-0.4, -0.2) is 29.2 Å². The molecule has 0 N–H and O–H groups in total. The van der Waals surface area contributed by atoms with Gasteiger partial charge in [0.25, 0.3) is 10.1 Å². The smallest absolute Gasteiger partial charge is 0.296 e. The Hall–Kier alpha value is -1.73. The van der Waals surface area contributed by atoms with Gasteiger partial charge in [0.15, 0.2) is 5.79 Å². The highest BCUT2D eigenvalue weighted by molar-refractivity contribution is 7.86. The minimum atomic E-state index is -3.81. The standard InChI is InChI=1S/C18H22O5S/c1-15-9-11-17(12-10-15)24(19,20)23-14-13-18(21-2,22-3)16-7-5-4-6-8-16/h4-12H,13-14H2,1-3H3. The topological polar surface area (TPSA) is 61.8 Å². The maximum atomic E-state index is 12.2. The van der Waals surface area contributed by atoms with Gasteiger partial charge in [-0.3, -0.25) is 4.18 Å². The van der Waals surface area contributed by atoms with Crippen LogP contribution in [0.5, 0.6) is 0 Å². The second-order valence-electron chi connectivity index (χ2n) is 5.37. The number of benzene rings is 2. The van der Waals surface area contributed by atoms with Gasteiger partial charge in [-0.1, -0.05) is 48.0 Å². The van der Waals surface area contributed by atoms with Crippen LogP contribution in [0.4, 0.5) is 0 Å². The first-order chi connectivity index (χ1) is 11.4. The average Bonchev–Trinajstić information content (AvgIpc) is 2.60. The first kappa shape index (κ1) is 18.6. The molecule has 0 radical (unpaired) electrons. The lowest BCUT2D eigenvalue weighted by Crippen LogP contribution is -2.32. The van der Waals surface area contributed by atoms with Gasteiger partial charge in [-0.2, -0.15) is 8.42 Å². The molecule has 5 nitrogen and oxygen atoms in total. The van der Waals surface area contributed by atoms with Crippen molar-refractivity contribution < 1.29 is 22.1 Å². The van der Waals surface area contributed by atoms with E-state index in [0.29, 0.717) is 0 Å². The van der Waals surface area contributed by atoms with Crippen LogP contribution in [0.3, 0.4) is 0 Å². The third kappa shape index (κ3) is 4.21. The third-order valence-electron chi connectivity index (χ3n) is 3.85. The number of hydrogen-bond donors (Lipinski definition) is 0. The van der Waals surface area contributed by atoms with Crippen molar-refractivity contribution in [2.75, 3.05) is 20.8 Å². The number of ether oxygens (including phenoxy) is 2. The summed E-state index contributed by atoms with van der Waals surface area (Å²) < 4.78 is 40.7. The van der Waals surface area contributed by atoms with Gasteiger partial charge in [0.05, 0.1) is 11.5 Å². The zero-order valence-corrected chi connectivity index (χ0v) is 14.9. The third-order valence-corrected chi connectivity index (χ3v) is 5.18. The highest BCUT2D eigenvalue weighted by Crippen LogP contribution is 2.30. The molecule has 0 spiro atoms. The number of rotatable bonds is 8. The predicted molar refractivity (Wildman–Crippen MR) is 91.1 cm³/mol. The van der Waals surface area contributed by atoms with Crippen LogP contribution in [0.1, 0.15) is 17.5 Å². The Morgan fingerprint density at radius 1 is 0.917 bits per heavy atom. The van der Waals surface area contributed by atoms with Gasteiger partial charge in [0.2, 0.25) is 0 Å². The van der Waals surface area contributed by atoms with Crippen molar-refractivity contribution in [1.29, 1.82) is 0 Å². The van der Waals surface area contributed by atoms with E-state index in [1.165, 1.54) is 26.4 Å². The summed E-state index contributed by atoms with van der Waals surface area (Å²) in [5.74, 6) is -1.05. The zero-order valence-electron chi connectivity index (χ0n) is 14.1. The van der Waals surface area contributed by atoms with E-state index in [9.17, 15) is 8.42 Å². The Balaban J connectivity index is 2.09. The normalized spacial score (nSPS) is 12.3. The summed E-state index contributed by atoms with van der Waals surface area (Å²) in [6.07, 6.45) is 0.231. The van der Waals surface area contributed by atoms with Gasteiger partial charge in [0, 0.05) is 26.2 Å². The van der Waals surface area contributed by atoms with Gasteiger partial charge in [0.1, 0.15) is 0 Å². The van der Waals surface area contributed by atoms with Gasteiger partial charge in [-0.25, -0.2) is 0 Å². The molecule has 24 heavy (non-hydrogen) atoms. The number of aryl methyl sites for hydroxylation is 1. The fourth-order valence-corrected chi connectivity index (χ4v) is 3.33. The van der Waals surface area contributed by atoms with Gasteiger partial charge >= 0.3 is 0 Å². The van der Waals surface area contributed by atoms with Crippen LogP contribution in [0.2, 0.25) is 0 Å². The Morgan fingerprint density at radius 3 is 2.04 bits per heavy atom. The van der Waals surface area contributed by atoms with Crippen LogP contribution in [0.15, 0.2) is 59.5 Å². The molecule has 0 bridgehead atoms. The monoisotopic (exact) mass is 350 g/mol. The van der Waals surface area contributed by atoms with Crippen molar-refractivity contribution in [3.63, 3.8) is 0 Å². The quantitative estimate of drug-likeness (QED) is 0.540. The molecule has 0 fully saturated rings. The Kier molecular flexibility index (Phi) is 6.12. The molecule has 0 aliphatic heterocycles. The van der Waals surface area contributed by atoms with E-state index in [2.05, 4.69) is 0 Å². The maximum absolute atomic E-state index is 12.2. The van der Waals surface area contributed by atoms with E-state index >= 15 is 0 Å². The first-order valence-electron chi connectivity index (χ1n) is 7.55. The average molecular weight is 350 g/mol. The molecule has 0 atom stereocenters. The molecule has 0 saturated heterocycles. The first-order valence-corrected chi connectivity index (χ1v) is 8.96. The fraction of sp³-hybridized carbons (Fsp3) is 0.333. The molecule has 2 aromatic carbocycles. The highest BCUT2D eigenvalue weighted by atomic mass is 32.2. The number of methoxy groups -OCH3 is 2. The maximum Gasteiger partial charge on any atom is 0.296 e. The summed E-state index contributed by atoms with van der Waals surface area (Å²) in [6, 6.07) is 15.9. The summed E-state index contributed by atoms with van der Waals surface area (Å²) in [5.41, 5.74) is 1.78. The van der Waals surface area contributed by atoms with E-state index in [0.717, 1.165) is 11.1 Å². The number of hydrogen-bond acceptors (Lipinski definition) is 5. The van der Waals surface area contributed by atoms with Crippen LogP contribution in [-0.2, 0) is 29.6 Å². The highest BCUT2D eigenvalue weighted by Gasteiger charge is 2.32. The van der Waals surface area contributed by atoms with Crippen molar-refractivity contribution >= 4 is 10.1 Å². The van der Waals surface area contributed by atoms with Crippen LogP contribution in [0.25, 0.3) is 0 Å². The van der Waals surface area contributed by atoms with Crippen LogP contribution in [0, 0.1) is 6.92 Å². The molecule has 130 valence electrons. The van der Waals surface area contributed by atoms with E-state index in [1.807, 2.05) is 37.3 Å². The molecule has 0 aliphatic carbocycles. The summed E-state index contributed by atoms with van der Waals surface area (Å²) in [5, 5.41) is 0. The molecular formula is C18H22O5S. The summed E-state index contributed by atoms with van der Waals surface area (Å²) >= 11 is 0. The molecule has 0 heterocycles. The summed E-state index contributed by atoms with van der Waals surface area (Å²) in [4.78, 5) is 0.133. The second kappa shape index (κ2) is 7.90. The van der Waals surface area contributed by atoms with Gasteiger partial charge in [-0.15, -0.1) is 0 Å². The van der Waals surface area contributed by atoms with Crippen molar-refractivity contribution in [3.8, 4) is 0 Å². The van der Waals surface area contributed by atoms with E-state index in [1.54, 1.807) is 12.1 Å². The molecule has 0 aromatic heterocycles.